The normalized spacial score (nSPS) is 11.5. The lowest BCUT2D eigenvalue weighted by Crippen LogP contribution is -2.24. The average molecular weight is 325 g/mol. The van der Waals surface area contributed by atoms with Crippen molar-refractivity contribution < 1.29 is 22.7 Å². The summed E-state index contributed by atoms with van der Waals surface area (Å²) in [5, 5.41) is 5.38. The molecule has 1 aromatic carbocycles. The van der Waals surface area contributed by atoms with Crippen LogP contribution in [0.5, 0.6) is 0 Å². The zero-order valence-electron chi connectivity index (χ0n) is 11.4. The number of methoxy groups -OCH3 is 1. The van der Waals surface area contributed by atoms with Gasteiger partial charge in [0.15, 0.2) is 0 Å². The molecule has 21 heavy (non-hydrogen) atoms. The molecule has 0 aliphatic heterocycles. The number of hydrogen-bond donors (Lipinski definition) is 2. The molecular formula is C13H16ClF3N2O2. The van der Waals surface area contributed by atoms with Gasteiger partial charge in [-0.1, -0.05) is 11.6 Å². The van der Waals surface area contributed by atoms with Gasteiger partial charge in [0, 0.05) is 26.6 Å². The summed E-state index contributed by atoms with van der Waals surface area (Å²) in [5.74, 6) is -0.416. The molecule has 0 aliphatic rings. The first-order valence-electron chi connectivity index (χ1n) is 6.21. The van der Waals surface area contributed by atoms with E-state index in [1.165, 1.54) is 0 Å². The number of anilines is 1. The van der Waals surface area contributed by atoms with Crippen molar-refractivity contribution in [2.24, 2.45) is 0 Å². The Morgan fingerprint density at radius 1 is 1.33 bits per heavy atom. The van der Waals surface area contributed by atoms with Gasteiger partial charge < -0.3 is 15.4 Å². The topological polar surface area (TPSA) is 50.4 Å². The van der Waals surface area contributed by atoms with Crippen LogP contribution in [-0.2, 0) is 15.7 Å². The van der Waals surface area contributed by atoms with Gasteiger partial charge in [0.25, 0.3) is 0 Å². The van der Waals surface area contributed by atoms with Crippen molar-refractivity contribution >= 4 is 23.2 Å². The Kier molecular flexibility index (Phi) is 6.94. The van der Waals surface area contributed by atoms with E-state index in [1.54, 1.807) is 7.11 Å². The summed E-state index contributed by atoms with van der Waals surface area (Å²) in [6, 6.07) is 2.79. The highest BCUT2D eigenvalue weighted by Gasteiger charge is 2.31. The van der Waals surface area contributed by atoms with E-state index in [0.29, 0.717) is 19.7 Å². The number of hydrogen-bond acceptors (Lipinski definition) is 3. The van der Waals surface area contributed by atoms with Crippen LogP contribution < -0.4 is 10.6 Å². The first kappa shape index (κ1) is 17.7. The maximum atomic E-state index is 12.6. The number of benzene rings is 1. The summed E-state index contributed by atoms with van der Waals surface area (Å²) in [6.07, 6.45) is -4.36. The summed E-state index contributed by atoms with van der Waals surface area (Å²) in [7, 11) is 1.56. The third-order valence-corrected chi connectivity index (χ3v) is 2.91. The van der Waals surface area contributed by atoms with E-state index in [9.17, 15) is 18.0 Å². The van der Waals surface area contributed by atoms with Gasteiger partial charge in [-0.2, -0.15) is 13.2 Å². The Hall–Kier alpha value is -1.31. The zero-order chi connectivity index (χ0) is 15.9. The van der Waals surface area contributed by atoms with Crippen LogP contribution in [0.1, 0.15) is 12.0 Å². The van der Waals surface area contributed by atoms with E-state index < -0.39 is 17.6 Å². The van der Waals surface area contributed by atoms with Gasteiger partial charge in [-0.05, 0) is 18.2 Å². The Morgan fingerprint density at radius 2 is 2.05 bits per heavy atom. The van der Waals surface area contributed by atoms with Crippen molar-refractivity contribution in [2.75, 3.05) is 32.1 Å². The largest absolute Gasteiger partial charge is 0.416 e. The van der Waals surface area contributed by atoms with E-state index in [2.05, 4.69) is 10.6 Å². The van der Waals surface area contributed by atoms with Gasteiger partial charge in [-0.3, -0.25) is 4.79 Å². The molecule has 0 fully saturated rings. The molecule has 0 heterocycles. The quantitative estimate of drug-likeness (QED) is 0.758. The minimum atomic E-state index is -4.48. The molecule has 0 saturated carbocycles. The first-order chi connectivity index (χ1) is 9.84. The van der Waals surface area contributed by atoms with E-state index >= 15 is 0 Å². The highest BCUT2D eigenvalue weighted by Crippen LogP contribution is 2.33. The SMILES string of the molecule is COCCNCCC(=O)Nc1cc(C(F)(F)F)ccc1Cl. The molecule has 0 atom stereocenters. The van der Waals surface area contributed by atoms with Crippen LogP contribution in [0.3, 0.4) is 0 Å². The predicted molar refractivity (Wildman–Crippen MR) is 74.4 cm³/mol. The fourth-order valence-corrected chi connectivity index (χ4v) is 1.68. The summed E-state index contributed by atoms with van der Waals surface area (Å²) in [4.78, 5) is 11.6. The molecule has 8 heteroatoms. The van der Waals surface area contributed by atoms with Crippen molar-refractivity contribution in [3.05, 3.63) is 28.8 Å². The average Bonchev–Trinajstić information content (AvgIpc) is 2.40. The smallest absolute Gasteiger partial charge is 0.383 e. The Balaban J connectivity index is 2.55. The van der Waals surface area contributed by atoms with E-state index in [4.69, 9.17) is 16.3 Å². The lowest BCUT2D eigenvalue weighted by atomic mass is 10.2. The molecule has 2 N–H and O–H groups in total. The maximum absolute atomic E-state index is 12.6. The minimum absolute atomic E-state index is 0.0478. The van der Waals surface area contributed by atoms with Crippen LogP contribution in [-0.4, -0.2) is 32.7 Å². The fourth-order valence-electron chi connectivity index (χ4n) is 1.51. The number of nitrogens with one attached hydrogen (secondary N) is 2. The molecule has 0 aliphatic carbocycles. The second kappa shape index (κ2) is 8.21. The molecule has 0 unspecified atom stereocenters. The second-order valence-corrected chi connectivity index (χ2v) is 4.64. The minimum Gasteiger partial charge on any atom is -0.383 e. The number of rotatable bonds is 7. The molecule has 118 valence electrons. The van der Waals surface area contributed by atoms with Crippen molar-refractivity contribution in [3.8, 4) is 0 Å². The number of carbonyl (C=O) groups excluding carboxylic acids is 1. The van der Waals surface area contributed by atoms with E-state index in [1.807, 2.05) is 0 Å². The maximum Gasteiger partial charge on any atom is 0.416 e. The standard InChI is InChI=1S/C13H16ClF3N2O2/c1-21-7-6-18-5-4-12(20)19-11-8-9(13(15,16)17)2-3-10(11)14/h2-3,8,18H,4-7H2,1H3,(H,19,20). The van der Waals surface area contributed by atoms with Gasteiger partial charge in [-0.15, -0.1) is 0 Å². The summed E-state index contributed by atoms with van der Waals surface area (Å²) in [5.41, 5.74) is -0.909. The molecule has 1 amide bonds. The van der Waals surface area contributed by atoms with Crippen LogP contribution in [0.15, 0.2) is 18.2 Å². The fraction of sp³-hybridized carbons (Fsp3) is 0.462. The van der Waals surface area contributed by atoms with Gasteiger partial charge in [-0.25, -0.2) is 0 Å². The third kappa shape index (κ3) is 6.33. The number of carbonyl (C=O) groups is 1. The zero-order valence-corrected chi connectivity index (χ0v) is 12.1. The molecular weight excluding hydrogens is 309 g/mol. The van der Waals surface area contributed by atoms with Crippen molar-refractivity contribution in [2.45, 2.75) is 12.6 Å². The van der Waals surface area contributed by atoms with E-state index in [-0.39, 0.29) is 17.1 Å². The highest BCUT2D eigenvalue weighted by molar-refractivity contribution is 6.33. The van der Waals surface area contributed by atoms with E-state index in [0.717, 1.165) is 18.2 Å². The molecule has 1 aromatic rings. The monoisotopic (exact) mass is 324 g/mol. The van der Waals surface area contributed by atoms with Crippen LogP contribution in [0.2, 0.25) is 5.02 Å². The molecule has 0 radical (unpaired) electrons. The molecule has 4 nitrogen and oxygen atoms in total. The predicted octanol–water partition coefficient (Wildman–Crippen LogP) is 2.92. The summed E-state index contributed by atoms with van der Waals surface area (Å²) in [6.45, 7) is 1.50. The number of halogens is 4. The second-order valence-electron chi connectivity index (χ2n) is 4.23. The lowest BCUT2D eigenvalue weighted by Gasteiger charge is -2.11. The Bertz CT molecular complexity index is 481. The molecule has 0 aromatic heterocycles. The van der Waals surface area contributed by atoms with Crippen LogP contribution >= 0.6 is 11.6 Å². The van der Waals surface area contributed by atoms with Crippen LogP contribution in [0.4, 0.5) is 18.9 Å². The first-order valence-corrected chi connectivity index (χ1v) is 6.58. The van der Waals surface area contributed by atoms with Crippen LogP contribution in [0.25, 0.3) is 0 Å². The van der Waals surface area contributed by atoms with Gasteiger partial charge in [0.2, 0.25) is 5.91 Å². The lowest BCUT2D eigenvalue weighted by molar-refractivity contribution is -0.137. The molecule has 0 spiro atoms. The van der Waals surface area contributed by atoms with Crippen molar-refractivity contribution in [3.63, 3.8) is 0 Å². The van der Waals surface area contributed by atoms with Crippen LogP contribution in [0, 0.1) is 0 Å². The molecule has 0 bridgehead atoms. The van der Waals surface area contributed by atoms with Gasteiger partial charge >= 0.3 is 6.18 Å². The molecule has 1 rings (SSSR count). The molecule has 0 saturated heterocycles. The third-order valence-electron chi connectivity index (χ3n) is 2.58. The Morgan fingerprint density at radius 3 is 2.67 bits per heavy atom. The number of alkyl halides is 3. The number of ether oxygens (including phenoxy) is 1. The highest BCUT2D eigenvalue weighted by atomic mass is 35.5. The summed E-state index contributed by atoms with van der Waals surface area (Å²) < 4.78 is 42.6. The Labute approximate surface area is 125 Å². The van der Waals surface area contributed by atoms with Crippen molar-refractivity contribution in [1.29, 1.82) is 0 Å². The summed E-state index contributed by atoms with van der Waals surface area (Å²) >= 11 is 5.78. The van der Waals surface area contributed by atoms with Crippen molar-refractivity contribution in [1.82, 2.24) is 5.32 Å². The van der Waals surface area contributed by atoms with Gasteiger partial charge in [0.1, 0.15) is 0 Å². The van der Waals surface area contributed by atoms with Gasteiger partial charge in [0.05, 0.1) is 22.9 Å². The number of amides is 1.